The van der Waals surface area contributed by atoms with Gasteiger partial charge >= 0.3 is 5.97 Å². The van der Waals surface area contributed by atoms with Gasteiger partial charge in [-0.05, 0) is 27.0 Å². The first-order chi connectivity index (χ1) is 9.06. The van der Waals surface area contributed by atoms with Crippen molar-refractivity contribution in [2.45, 2.75) is 32.3 Å². The number of hydrogen-bond acceptors (Lipinski definition) is 6. The van der Waals surface area contributed by atoms with Gasteiger partial charge in [-0.2, -0.15) is 4.98 Å². The van der Waals surface area contributed by atoms with Crippen LogP contribution in [-0.2, 0) is 16.0 Å². The molecular weight excluding hydrogens is 264 g/mol. The van der Waals surface area contributed by atoms with Crippen molar-refractivity contribution in [2.75, 3.05) is 12.9 Å². The number of aromatic nitrogens is 4. The van der Waals surface area contributed by atoms with Gasteiger partial charge in [0.05, 0.1) is 13.0 Å². The molecule has 7 heteroatoms. The molecule has 2 rings (SSSR count). The molecule has 2 aromatic heterocycles. The van der Waals surface area contributed by atoms with Gasteiger partial charge in [-0.3, -0.25) is 4.79 Å². The zero-order chi connectivity index (χ0) is 14.0. The van der Waals surface area contributed by atoms with Crippen LogP contribution in [0.5, 0.6) is 0 Å². The lowest BCUT2D eigenvalue weighted by Gasteiger charge is -2.09. The zero-order valence-corrected chi connectivity index (χ0v) is 12.2. The number of thioether (sulfide) groups is 1. The lowest BCUT2D eigenvalue weighted by atomic mass is 10.1. The molecule has 0 saturated carbocycles. The van der Waals surface area contributed by atoms with Crippen LogP contribution in [0, 0.1) is 13.8 Å². The molecule has 19 heavy (non-hydrogen) atoms. The smallest absolute Gasteiger partial charge is 0.310 e. The number of hydrogen-bond donors (Lipinski definition) is 0. The van der Waals surface area contributed by atoms with E-state index in [9.17, 15) is 4.79 Å². The largest absolute Gasteiger partial charge is 0.466 e. The molecule has 0 bridgehead atoms. The van der Waals surface area contributed by atoms with Gasteiger partial charge in [0.2, 0.25) is 5.16 Å². The van der Waals surface area contributed by atoms with E-state index < -0.39 is 0 Å². The van der Waals surface area contributed by atoms with E-state index in [2.05, 4.69) is 15.1 Å². The molecule has 0 aliphatic rings. The average Bonchev–Trinajstić information content (AvgIpc) is 2.78. The predicted molar refractivity (Wildman–Crippen MR) is 72.4 cm³/mol. The third-order valence-electron chi connectivity index (χ3n) is 2.84. The third-order valence-corrected chi connectivity index (χ3v) is 3.38. The van der Waals surface area contributed by atoms with Gasteiger partial charge in [-0.1, -0.05) is 11.8 Å². The first kappa shape index (κ1) is 13.8. The molecule has 6 nitrogen and oxygen atoms in total. The highest BCUT2D eigenvalue weighted by Crippen LogP contribution is 2.17. The van der Waals surface area contributed by atoms with Gasteiger partial charge in [0.1, 0.15) is 0 Å². The fourth-order valence-electron chi connectivity index (χ4n) is 1.89. The maximum Gasteiger partial charge on any atom is 0.310 e. The molecule has 0 fully saturated rings. The first-order valence-corrected chi connectivity index (χ1v) is 7.21. The summed E-state index contributed by atoms with van der Waals surface area (Å²) in [5.41, 5.74) is 2.52. The van der Waals surface area contributed by atoms with Gasteiger partial charge < -0.3 is 4.74 Å². The first-order valence-electron chi connectivity index (χ1n) is 5.99. The Labute approximate surface area is 115 Å². The second-order valence-electron chi connectivity index (χ2n) is 4.05. The van der Waals surface area contributed by atoms with Crippen molar-refractivity contribution < 1.29 is 9.53 Å². The number of nitrogens with zero attached hydrogens (tertiary/aromatic N) is 4. The summed E-state index contributed by atoms with van der Waals surface area (Å²) in [7, 11) is 0. The molecule has 0 atom stereocenters. The molecule has 0 aromatic carbocycles. The Morgan fingerprint density at radius 1 is 1.37 bits per heavy atom. The Balaban J connectivity index is 2.46. The van der Waals surface area contributed by atoms with E-state index in [4.69, 9.17) is 4.74 Å². The molecule has 0 aliphatic heterocycles. The van der Waals surface area contributed by atoms with E-state index in [1.807, 2.05) is 20.1 Å². The highest BCUT2D eigenvalue weighted by Gasteiger charge is 2.16. The SMILES string of the molecule is CCOC(=O)Cc1c(C)nc2nc(SC)nn2c1C. The molecule has 0 radical (unpaired) electrons. The minimum absolute atomic E-state index is 0.211. The van der Waals surface area contributed by atoms with Crippen LogP contribution in [0.2, 0.25) is 0 Å². The van der Waals surface area contributed by atoms with Crippen molar-refractivity contribution in [1.29, 1.82) is 0 Å². The fraction of sp³-hybridized carbons (Fsp3) is 0.500. The number of ether oxygens (including phenoxy) is 1. The van der Waals surface area contributed by atoms with Crippen LogP contribution in [0.1, 0.15) is 23.9 Å². The molecule has 0 spiro atoms. The number of carbonyl (C=O) groups excluding carboxylic acids is 1. The van der Waals surface area contributed by atoms with Crippen LogP contribution in [0.3, 0.4) is 0 Å². The highest BCUT2D eigenvalue weighted by molar-refractivity contribution is 7.98. The molecule has 0 aliphatic carbocycles. The molecule has 0 saturated heterocycles. The summed E-state index contributed by atoms with van der Waals surface area (Å²) in [6, 6.07) is 0. The number of fused-ring (bicyclic) bond motifs is 1. The maximum atomic E-state index is 11.6. The van der Waals surface area contributed by atoms with Crippen LogP contribution in [0.4, 0.5) is 0 Å². The average molecular weight is 280 g/mol. The number of aryl methyl sites for hydroxylation is 2. The number of rotatable bonds is 4. The summed E-state index contributed by atoms with van der Waals surface area (Å²) >= 11 is 1.46. The predicted octanol–water partition coefficient (Wildman–Crippen LogP) is 1.57. The minimum atomic E-state index is -0.250. The van der Waals surface area contributed by atoms with Gasteiger partial charge in [0, 0.05) is 17.0 Å². The minimum Gasteiger partial charge on any atom is -0.466 e. The number of carbonyl (C=O) groups is 1. The Kier molecular flexibility index (Phi) is 4.04. The standard InChI is InChI=1S/C12H16N4O2S/c1-5-18-10(17)6-9-7(2)13-11-14-12(19-4)15-16(11)8(9)3/h5-6H2,1-4H3. The molecule has 102 valence electrons. The summed E-state index contributed by atoms with van der Waals surface area (Å²) in [4.78, 5) is 20.3. The Morgan fingerprint density at radius 3 is 2.74 bits per heavy atom. The van der Waals surface area contributed by atoms with Crippen molar-refractivity contribution in [3.8, 4) is 0 Å². The van der Waals surface area contributed by atoms with Crippen molar-refractivity contribution >= 4 is 23.5 Å². The monoisotopic (exact) mass is 280 g/mol. The maximum absolute atomic E-state index is 11.6. The summed E-state index contributed by atoms with van der Waals surface area (Å²) < 4.78 is 6.65. The number of esters is 1. The van der Waals surface area contributed by atoms with Gasteiger partial charge in [-0.25, -0.2) is 9.50 Å². The van der Waals surface area contributed by atoms with Crippen LogP contribution in [-0.4, -0.2) is 38.4 Å². The lowest BCUT2D eigenvalue weighted by molar-refractivity contribution is -0.142. The normalized spacial score (nSPS) is 10.9. The summed E-state index contributed by atoms with van der Waals surface area (Å²) in [5.74, 6) is 0.312. The van der Waals surface area contributed by atoms with Gasteiger partial charge in [-0.15, -0.1) is 5.10 Å². The second kappa shape index (κ2) is 5.56. The van der Waals surface area contributed by atoms with Crippen LogP contribution in [0.15, 0.2) is 5.16 Å². The topological polar surface area (TPSA) is 69.4 Å². The van der Waals surface area contributed by atoms with Gasteiger partial charge in [0.15, 0.2) is 0 Å². The quantitative estimate of drug-likeness (QED) is 0.625. The van der Waals surface area contributed by atoms with E-state index >= 15 is 0 Å². The van der Waals surface area contributed by atoms with Crippen LogP contribution < -0.4 is 0 Å². The molecule has 0 amide bonds. The highest BCUT2D eigenvalue weighted by atomic mass is 32.2. The van der Waals surface area contributed by atoms with E-state index in [-0.39, 0.29) is 12.4 Å². The van der Waals surface area contributed by atoms with Crippen LogP contribution >= 0.6 is 11.8 Å². The third kappa shape index (κ3) is 2.70. The second-order valence-corrected chi connectivity index (χ2v) is 4.83. The van der Waals surface area contributed by atoms with Crippen molar-refractivity contribution in [3.05, 3.63) is 17.0 Å². The summed E-state index contributed by atoms with van der Waals surface area (Å²) in [6.07, 6.45) is 2.12. The molecule has 2 heterocycles. The zero-order valence-electron chi connectivity index (χ0n) is 11.4. The molecule has 0 unspecified atom stereocenters. The van der Waals surface area contributed by atoms with Crippen molar-refractivity contribution in [1.82, 2.24) is 19.6 Å². The van der Waals surface area contributed by atoms with Crippen molar-refractivity contribution in [2.24, 2.45) is 0 Å². The molecule has 2 aromatic rings. The Bertz CT molecular complexity index is 624. The van der Waals surface area contributed by atoms with Gasteiger partial charge in [0.25, 0.3) is 5.78 Å². The Morgan fingerprint density at radius 2 is 2.11 bits per heavy atom. The van der Waals surface area contributed by atoms with E-state index in [0.29, 0.717) is 17.5 Å². The molecule has 0 N–H and O–H groups in total. The summed E-state index contributed by atoms with van der Waals surface area (Å²) in [6.45, 7) is 5.96. The van der Waals surface area contributed by atoms with Crippen molar-refractivity contribution in [3.63, 3.8) is 0 Å². The van der Waals surface area contributed by atoms with E-state index in [1.54, 1.807) is 11.4 Å². The van der Waals surface area contributed by atoms with E-state index in [1.165, 1.54) is 11.8 Å². The Hall–Kier alpha value is -1.63. The fourth-order valence-corrected chi connectivity index (χ4v) is 2.22. The van der Waals surface area contributed by atoms with E-state index in [0.717, 1.165) is 17.0 Å². The lowest BCUT2D eigenvalue weighted by Crippen LogP contribution is -2.13. The van der Waals surface area contributed by atoms with Crippen LogP contribution in [0.25, 0.3) is 5.78 Å². The summed E-state index contributed by atoms with van der Waals surface area (Å²) in [5, 5.41) is 5.01. The molecular formula is C12H16N4O2S.